The second-order valence-corrected chi connectivity index (χ2v) is 6.33. The van der Waals surface area contributed by atoms with E-state index >= 15 is 0 Å². The quantitative estimate of drug-likeness (QED) is 0.836. The fraction of sp³-hybridized carbons (Fsp3) is 0.867. The fourth-order valence-electron chi connectivity index (χ4n) is 4.15. The lowest BCUT2D eigenvalue weighted by molar-refractivity contribution is -0.153. The molecule has 0 bridgehead atoms. The summed E-state index contributed by atoms with van der Waals surface area (Å²) >= 11 is 0. The minimum Gasteiger partial charge on any atom is -0.480 e. The average molecular weight is 281 g/mol. The summed E-state index contributed by atoms with van der Waals surface area (Å²) in [4.78, 5) is 26.0. The molecule has 2 saturated heterocycles. The number of amides is 1. The second kappa shape index (κ2) is 5.72. The molecule has 2 aliphatic heterocycles. The number of nitrogens with zero attached hydrogens (tertiary/aromatic N) is 1. The van der Waals surface area contributed by atoms with Gasteiger partial charge in [-0.25, -0.2) is 4.79 Å². The summed E-state index contributed by atoms with van der Waals surface area (Å²) in [6.45, 7) is 1.24. The Kier molecular flexibility index (Phi) is 3.96. The fourth-order valence-corrected chi connectivity index (χ4v) is 4.15. The van der Waals surface area contributed by atoms with Gasteiger partial charge in [-0.2, -0.15) is 0 Å². The van der Waals surface area contributed by atoms with Crippen LogP contribution >= 0.6 is 0 Å². The van der Waals surface area contributed by atoms with E-state index in [0.29, 0.717) is 25.6 Å². The molecular weight excluding hydrogens is 258 g/mol. The first kappa shape index (κ1) is 13.9. The molecule has 1 N–H and O–H groups in total. The van der Waals surface area contributed by atoms with Crippen molar-refractivity contribution >= 4 is 11.9 Å². The van der Waals surface area contributed by atoms with Crippen LogP contribution < -0.4 is 0 Å². The summed E-state index contributed by atoms with van der Waals surface area (Å²) in [6.07, 6.45) is 6.46. The molecule has 1 saturated carbocycles. The van der Waals surface area contributed by atoms with Crippen molar-refractivity contribution in [2.75, 3.05) is 13.2 Å². The first-order valence-electron chi connectivity index (χ1n) is 7.81. The molecule has 1 amide bonds. The Balaban J connectivity index is 1.79. The number of aliphatic carboxylic acids is 1. The van der Waals surface area contributed by atoms with E-state index in [1.807, 2.05) is 0 Å². The Morgan fingerprint density at radius 2 is 1.75 bits per heavy atom. The van der Waals surface area contributed by atoms with Crippen LogP contribution in [0.5, 0.6) is 0 Å². The number of carbonyl (C=O) groups excluding carboxylic acids is 1. The summed E-state index contributed by atoms with van der Waals surface area (Å²) < 4.78 is 5.31. The van der Waals surface area contributed by atoms with Gasteiger partial charge in [0.05, 0.1) is 0 Å². The third-order valence-corrected chi connectivity index (χ3v) is 5.20. The number of carbonyl (C=O) groups is 2. The van der Waals surface area contributed by atoms with Crippen molar-refractivity contribution in [1.29, 1.82) is 0 Å². The zero-order valence-corrected chi connectivity index (χ0v) is 11.8. The predicted molar refractivity (Wildman–Crippen MR) is 72.2 cm³/mol. The third kappa shape index (κ3) is 2.43. The maximum absolute atomic E-state index is 12.8. The van der Waals surface area contributed by atoms with Crippen LogP contribution in [0, 0.1) is 11.8 Å². The van der Waals surface area contributed by atoms with Gasteiger partial charge in [0, 0.05) is 25.2 Å². The maximum Gasteiger partial charge on any atom is 0.326 e. The van der Waals surface area contributed by atoms with Gasteiger partial charge in [0.25, 0.3) is 0 Å². The second-order valence-electron chi connectivity index (χ2n) is 6.33. The minimum atomic E-state index is -0.834. The van der Waals surface area contributed by atoms with E-state index in [1.165, 1.54) is 6.42 Å². The van der Waals surface area contributed by atoms with Gasteiger partial charge in [-0.15, -0.1) is 0 Å². The number of ether oxygens (including phenoxy) is 1. The highest BCUT2D eigenvalue weighted by Crippen LogP contribution is 2.41. The van der Waals surface area contributed by atoms with E-state index in [2.05, 4.69) is 0 Å². The number of carboxylic acid groups (broad SMARTS) is 1. The molecule has 5 nitrogen and oxygen atoms in total. The van der Waals surface area contributed by atoms with E-state index in [9.17, 15) is 14.7 Å². The molecule has 0 unspecified atom stereocenters. The van der Waals surface area contributed by atoms with Gasteiger partial charge < -0.3 is 14.7 Å². The lowest BCUT2D eigenvalue weighted by Crippen LogP contribution is -2.49. The van der Waals surface area contributed by atoms with Gasteiger partial charge >= 0.3 is 5.97 Å². The molecule has 5 heteroatoms. The van der Waals surface area contributed by atoms with Crippen LogP contribution in [-0.4, -0.2) is 47.2 Å². The highest BCUT2D eigenvalue weighted by molar-refractivity contribution is 5.86. The van der Waals surface area contributed by atoms with E-state index in [-0.39, 0.29) is 17.9 Å². The molecule has 3 atom stereocenters. The molecule has 0 aromatic heterocycles. The summed E-state index contributed by atoms with van der Waals surface area (Å²) in [5, 5.41) is 9.46. The van der Waals surface area contributed by atoms with Gasteiger partial charge in [0.2, 0.25) is 5.91 Å². The first-order valence-corrected chi connectivity index (χ1v) is 7.81. The Morgan fingerprint density at radius 1 is 1.05 bits per heavy atom. The van der Waals surface area contributed by atoms with Crippen LogP contribution in [0.3, 0.4) is 0 Å². The smallest absolute Gasteiger partial charge is 0.326 e. The van der Waals surface area contributed by atoms with Gasteiger partial charge in [-0.05, 0) is 38.0 Å². The van der Waals surface area contributed by atoms with Gasteiger partial charge in [0.1, 0.15) is 6.04 Å². The number of hydrogen-bond donors (Lipinski definition) is 1. The van der Waals surface area contributed by atoms with Crippen molar-refractivity contribution in [2.24, 2.45) is 11.8 Å². The van der Waals surface area contributed by atoms with Gasteiger partial charge in [-0.1, -0.05) is 12.8 Å². The number of hydrogen-bond acceptors (Lipinski definition) is 3. The van der Waals surface area contributed by atoms with E-state index < -0.39 is 12.0 Å². The molecule has 112 valence electrons. The van der Waals surface area contributed by atoms with Crippen LogP contribution in [0.1, 0.15) is 44.9 Å². The zero-order valence-electron chi connectivity index (χ0n) is 11.8. The summed E-state index contributed by atoms with van der Waals surface area (Å²) in [6, 6.07) is -0.432. The Morgan fingerprint density at radius 3 is 2.45 bits per heavy atom. The Hall–Kier alpha value is -1.10. The van der Waals surface area contributed by atoms with Crippen molar-refractivity contribution in [3.05, 3.63) is 0 Å². The largest absolute Gasteiger partial charge is 0.480 e. The van der Waals surface area contributed by atoms with Crippen LogP contribution in [0.2, 0.25) is 0 Å². The lowest BCUT2D eigenvalue weighted by atomic mass is 9.84. The topological polar surface area (TPSA) is 66.8 Å². The SMILES string of the molecule is O=C(O)[C@@H]1C[C@@H]2CCCC[C@H]2N1C(=O)C1CCOCC1. The molecule has 3 rings (SSSR count). The van der Waals surface area contributed by atoms with Crippen molar-refractivity contribution in [1.82, 2.24) is 4.90 Å². The molecule has 20 heavy (non-hydrogen) atoms. The molecule has 0 aromatic rings. The molecule has 0 spiro atoms. The molecule has 1 aliphatic carbocycles. The molecule has 0 radical (unpaired) electrons. The monoisotopic (exact) mass is 281 g/mol. The molecule has 3 aliphatic rings. The zero-order chi connectivity index (χ0) is 14.1. The lowest BCUT2D eigenvalue weighted by Gasteiger charge is -2.36. The molecule has 3 fully saturated rings. The third-order valence-electron chi connectivity index (χ3n) is 5.20. The minimum absolute atomic E-state index is 0.0359. The van der Waals surface area contributed by atoms with Crippen molar-refractivity contribution in [3.8, 4) is 0 Å². The number of fused-ring (bicyclic) bond motifs is 1. The Labute approximate surface area is 119 Å². The van der Waals surface area contributed by atoms with Crippen LogP contribution in [0.15, 0.2) is 0 Å². The standard InChI is InChI=1S/C15H23NO4/c17-14(10-5-7-20-8-6-10)16-12-4-2-1-3-11(12)9-13(16)15(18)19/h10-13H,1-9H2,(H,18,19)/t11-,12+,13-/m0/s1. The average Bonchev–Trinajstić information content (AvgIpc) is 2.87. The van der Waals surface area contributed by atoms with E-state index in [0.717, 1.165) is 32.1 Å². The van der Waals surface area contributed by atoms with Crippen LogP contribution in [0.4, 0.5) is 0 Å². The number of rotatable bonds is 2. The Bertz CT molecular complexity index is 391. The van der Waals surface area contributed by atoms with Gasteiger partial charge in [0.15, 0.2) is 0 Å². The van der Waals surface area contributed by atoms with Crippen molar-refractivity contribution < 1.29 is 19.4 Å². The number of carboxylic acids is 1. The van der Waals surface area contributed by atoms with Crippen molar-refractivity contribution in [3.63, 3.8) is 0 Å². The summed E-state index contributed by atoms with van der Waals surface area (Å²) in [7, 11) is 0. The van der Waals surface area contributed by atoms with Crippen LogP contribution in [-0.2, 0) is 14.3 Å². The van der Waals surface area contributed by atoms with Gasteiger partial charge in [-0.3, -0.25) is 4.79 Å². The molecular formula is C15H23NO4. The summed E-state index contributed by atoms with van der Waals surface area (Å²) in [5.74, 6) is -0.408. The maximum atomic E-state index is 12.8. The van der Waals surface area contributed by atoms with E-state index in [1.54, 1.807) is 4.90 Å². The van der Waals surface area contributed by atoms with Crippen LogP contribution in [0.25, 0.3) is 0 Å². The number of likely N-dealkylation sites (tertiary alicyclic amines) is 1. The molecule has 2 heterocycles. The van der Waals surface area contributed by atoms with E-state index in [4.69, 9.17) is 4.74 Å². The summed E-state index contributed by atoms with van der Waals surface area (Å²) in [5.41, 5.74) is 0. The first-order chi connectivity index (χ1) is 9.68. The molecule has 0 aromatic carbocycles. The normalized spacial score (nSPS) is 34.8. The van der Waals surface area contributed by atoms with Crippen molar-refractivity contribution in [2.45, 2.75) is 57.0 Å². The highest BCUT2D eigenvalue weighted by Gasteiger charge is 2.48. The highest BCUT2D eigenvalue weighted by atomic mass is 16.5. The predicted octanol–water partition coefficient (Wildman–Crippen LogP) is 1.66.